The zero-order valence-corrected chi connectivity index (χ0v) is 17.1. The van der Waals surface area contributed by atoms with Gasteiger partial charge in [-0.25, -0.2) is 0 Å². The molecule has 1 aliphatic rings. The number of nitrogens with zero attached hydrogens (tertiary/aromatic N) is 4. The van der Waals surface area contributed by atoms with Crippen LogP contribution in [-0.4, -0.2) is 27.0 Å². The van der Waals surface area contributed by atoms with Crippen LogP contribution in [0.1, 0.15) is 28.5 Å². The number of hydrogen-bond acceptors (Lipinski definition) is 6. The average molecular weight is 402 g/mol. The number of rotatable bonds is 4. The molecule has 0 amide bonds. The number of methoxy groups -OCH3 is 1. The van der Waals surface area contributed by atoms with E-state index in [9.17, 15) is 0 Å². The first-order valence-electron chi connectivity index (χ1n) is 9.84. The smallest absolute Gasteiger partial charge is 0.278 e. The van der Waals surface area contributed by atoms with E-state index in [0.717, 1.165) is 22.6 Å². The molecule has 0 bridgehead atoms. The van der Waals surface area contributed by atoms with E-state index >= 15 is 0 Å². The molecule has 1 atom stereocenters. The average Bonchev–Trinajstić information content (AvgIpc) is 3.42. The minimum Gasteiger partial charge on any atom is -0.497 e. The molecule has 0 unspecified atom stereocenters. The molecule has 4 aromatic rings. The highest BCUT2D eigenvalue weighted by atomic mass is 16.5. The van der Waals surface area contributed by atoms with Crippen LogP contribution in [0.15, 0.2) is 53.1 Å². The van der Waals surface area contributed by atoms with E-state index in [1.165, 1.54) is 11.1 Å². The summed E-state index contributed by atoms with van der Waals surface area (Å²) in [6, 6.07) is 16.0. The Hall–Kier alpha value is -3.45. The van der Waals surface area contributed by atoms with E-state index in [-0.39, 0.29) is 6.10 Å². The summed E-state index contributed by atoms with van der Waals surface area (Å²) in [5, 5.41) is 8.83. The third-order valence-corrected chi connectivity index (χ3v) is 5.53. The number of ether oxygens (including phenoxy) is 2. The van der Waals surface area contributed by atoms with E-state index in [0.29, 0.717) is 30.6 Å². The first-order chi connectivity index (χ1) is 14.6. The van der Waals surface area contributed by atoms with Gasteiger partial charge in [0.05, 0.1) is 26.0 Å². The Kier molecular flexibility index (Phi) is 4.59. The van der Waals surface area contributed by atoms with Crippen LogP contribution in [0.5, 0.6) is 5.75 Å². The Bertz CT molecular complexity index is 1190. The van der Waals surface area contributed by atoms with Gasteiger partial charge in [0.1, 0.15) is 11.9 Å². The van der Waals surface area contributed by atoms with Gasteiger partial charge in [0, 0.05) is 5.56 Å². The molecule has 1 aliphatic heterocycles. The predicted molar refractivity (Wildman–Crippen MR) is 111 cm³/mol. The van der Waals surface area contributed by atoms with Gasteiger partial charge in [0.2, 0.25) is 5.82 Å². The molecule has 0 N–H and O–H groups in total. The van der Waals surface area contributed by atoms with Crippen molar-refractivity contribution in [3.63, 3.8) is 0 Å². The third kappa shape index (κ3) is 3.37. The summed E-state index contributed by atoms with van der Waals surface area (Å²) in [6.07, 6.45) is -0.0649. The van der Waals surface area contributed by atoms with Crippen molar-refractivity contribution in [3.8, 4) is 28.7 Å². The SMILES string of the molecule is COc1ccc([C@@H]2Cn3nc(-c4nc(-c5ccc(C)c(C)c5)no4)cc3CO2)cc1. The second-order valence-corrected chi connectivity index (χ2v) is 7.50. The summed E-state index contributed by atoms with van der Waals surface area (Å²) in [5.41, 5.74) is 6.09. The van der Waals surface area contributed by atoms with Crippen LogP contribution in [0.2, 0.25) is 0 Å². The van der Waals surface area contributed by atoms with Crippen LogP contribution in [0.3, 0.4) is 0 Å². The van der Waals surface area contributed by atoms with Crippen molar-refractivity contribution in [3.05, 3.63) is 70.9 Å². The standard InChI is InChI=1S/C23H22N4O3/c1-14-4-5-17(10-15(14)2)22-24-23(30-26-22)20-11-18-13-29-21(12-27(18)25-20)16-6-8-19(28-3)9-7-16/h4-11,21H,12-13H2,1-3H3/t21-/m0/s1. The van der Waals surface area contributed by atoms with Crippen LogP contribution < -0.4 is 4.74 Å². The molecule has 0 aliphatic carbocycles. The Morgan fingerprint density at radius 3 is 2.63 bits per heavy atom. The summed E-state index contributed by atoms with van der Waals surface area (Å²) in [7, 11) is 1.66. The normalized spacial score (nSPS) is 15.8. The number of aryl methyl sites for hydroxylation is 2. The summed E-state index contributed by atoms with van der Waals surface area (Å²) in [4.78, 5) is 4.55. The van der Waals surface area contributed by atoms with Gasteiger partial charge >= 0.3 is 0 Å². The van der Waals surface area contributed by atoms with Crippen molar-refractivity contribution in [2.45, 2.75) is 33.1 Å². The topological polar surface area (TPSA) is 75.2 Å². The molecular formula is C23H22N4O3. The molecule has 2 aromatic carbocycles. The van der Waals surface area contributed by atoms with Crippen molar-refractivity contribution in [2.24, 2.45) is 0 Å². The van der Waals surface area contributed by atoms with Gasteiger partial charge in [-0.05, 0) is 54.8 Å². The molecule has 0 radical (unpaired) electrons. The maximum atomic E-state index is 6.04. The molecule has 0 fully saturated rings. The molecule has 152 valence electrons. The van der Waals surface area contributed by atoms with Gasteiger partial charge in [-0.15, -0.1) is 0 Å². The zero-order chi connectivity index (χ0) is 20.7. The number of benzene rings is 2. The Labute approximate surface area is 174 Å². The quantitative estimate of drug-likeness (QED) is 0.500. The van der Waals surface area contributed by atoms with E-state index in [2.05, 4.69) is 41.2 Å². The summed E-state index contributed by atoms with van der Waals surface area (Å²) < 4.78 is 18.7. The van der Waals surface area contributed by atoms with Crippen molar-refractivity contribution < 1.29 is 14.0 Å². The number of hydrogen-bond donors (Lipinski definition) is 0. The van der Waals surface area contributed by atoms with Gasteiger partial charge in [-0.3, -0.25) is 4.68 Å². The molecule has 3 heterocycles. The molecule has 2 aromatic heterocycles. The molecule has 0 saturated carbocycles. The van der Waals surface area contributed by atoms with Gasteiger partial charge in [-0.2, -0.15) is 10.1 Å². The van der Waals surface area contributed by atoms with Gasteiger partial charge in [0.15, 0.2) is 5.69 Å². The molecule has 0 spiro atoms. The van der Waals surface area contributed by atoms with E-state index in [1.807, 2.05) is 41.1 Å². The second-order valence-electron chi connectivity index (χ2n) is 7.50. The maximum absolute atomic E-state index is 6.04. The molecule has 30 heavy (non-hydrogen) atoms. The lowest BCUT2D eigenvalue weighted by atomic mass is 10.1. The third-order valence-electron chi connectivity index (χ3n) is 5.53. The summed E-state index contributed by atoms with van der Waals surface area (Å²) in [6.45, 7) is 5.25. The summed E-state index contributed by atoms with van der Waals surface area (Å²) in [5.74, 6) is 1.80. The second kappa shape index (κ2) is 7.42. The van der Waals surface area contributed by atoms with Crippen molar-refractivity contribution in [1.29, 1.82) is 0 Å². The fraction of sp³-hybridized carbons (Fsp3) is 0.261. The van der Waals surface area contributed by atoms with E-state index in [1.54, 1.807) is 7.11 Å². The summed E-state index contributed by atoms with van der Waals surface area (Å²) >= 11 is 0. The van der Waals surface area contributed by atoms with Gasteiger partial charge in [0.25, 0.3) is 5.89 Å². The number of aromatic nitrogens is 4. The lowest BCUT2D eigenvalue weighted by Crippen LogP contribution is -2.21. The van der Waals surface area contributed by atoms with Gasteiger partial charge < -0.3 is 14.0 Å². The molecule has 7 heteroatoms. The fourth-order valence-electron chi connectivity index (χ4n) is 3.58. The Balaban J connectivity index is 1.38. The Morgan fingerprint density at radius 1 is 1.03 bits per heavy atom. The highest BCUT2D eigenvalue weighted by Crippen LogP contribution is 2.30. The highest BCUT2D eigenvalue weighted by Gasteiger charge is 2.24. The fourth-order valence-corrected chi connectivity index (χ4v) is 3.58. The molecule has 7 nitrogen and oxygen atoms in total. The molecule has 0 saturated heterocycles. The van der Waals surface area contributed by atoms with Crippen LogP contribution in [0.4, 0.5) is 0 Å². The highest BCUT2D eigenvalue weighted by molar-refractivity contribution is 5.59. The monoisotopic (exact) mass is 402 g/mol. The maximum Gasteiger partial charge on any atom is 0.278 e. The lowest BCUT2D eigenvalue weighted by molar-refractivity contribution is -0.00115. The van der Waals surface area contributed by atoms with Crippen LogP contribution in [0.25, 0.3) is 23.0 Å². The number of fused-ring (bicyclic) bond motifs is 1. The first-order valence-corrected chi connectivity index (χ1v) is 9.84. The van der Waals surface area contributed by atoms with Crippen molar-refractivity contribution >= 4 is 0 Å². The van der Waals surface area contributed by atoms with Crippen LogP contribution in [-0.2, 0) is 17.9 Å². The predicted octanol–water partition coefficient (Wildman–Crippen LogP) is 4.50. The Morgan fingerprint density at radius 2 is 1.87 bits per heavy atom. The van der Waals surface area contributed by atoms with Crippen molar-refractivity contribution in [2.75, 3.05) is 7.11 Å². The van der Waals surface area contributed by atoms with Crippen molar-refractivity contribution in [1.82, 2.24) is 19.9 Å². The first kappa shape index (κ1) is 18.6. The van der Waals surface area contributed by atoms with Crippen LogP contribution >= 0.6 is 0 Å². The molecule has 5 rings (SSSR count). The van der Waals surface area contributed by atoms with E-state index < -0.39 is 0 Å². The van der Waals surface area contributed by atoms with E-state index in [4.69, 9.17) is 14.0 Å². The lowest BCUT2D eigenvalue weighted by Gasteiger charge is -2.24. The van der Waals surface area contributed by atoms with Crippen LogP contribution in [0, 0.1) is 13.8 Å². The minimum absolute atomic E-state index is 0.0649. The zero-order valence-electron chi connectivity index (χ0n) is 17.1. The minimum atomic E-state index is -0.0649. The molecular weight excluding hydrogens is 380 g/mol. The largest absolute Gasteiger partial charge is 0.497 e. The van der Waals surface area contributed by atoms with Gasteiger partial charge in [-0.1, -0.05) is 29.4 Å².